The second-order valence-corrected chi connectivity index (χ2v) is 3.95. The Hall–Kier alpha value is -2.01. The molecule has 88 valence electrons. The summed E-state index contributed by atoms with van der Waals surface area (Å²) < 4.78 is 10.5. The van der Waals surface area contributed by atoms with E-state index in [2.05, 4.69) is 10.5 Å². The summed E-state index contributed by atoms with van der Waals surface area (Å²) in [5.41, 5.74) is 1.06. The van der Waals surface area contributed by atoms with Gasteiger partial charge in [-0.05, 0) is 12.1 Å². The van der Waals surface area contributed by atoms with Gasteiger partial charge >= 0.3 is 0 Å². The molecule has 1 atom stereocenters. The number of ether oxygens (including phenoxy) is 1. The minimum atomic E-state index is 0.121. The molecule has 1 aromatic heterocycles. The van der Waals surface area contributed by atoms with Gasteiger partial charge in [-0.25, -0.2) is 0 Å². The van der Waals surface area contributed by atoms with Gasteiger partial charge in [-0.15, -0.1) is 0 Å². The van der Waals surface area contributed by atoms with Crippen LogP contribution in [0, 0.1) is 0 Å². The van der Waals surface area contributed by atoms with E-state index in [1.165, 1.54) is 0 Å². The highest BCUT2D eigenvalue weighted by molar-refractivity contribution is 5.44. The first-order valence-electron chi connectivity index (χ1n) is 5.41. The van der Waals surface area contributed by atoms with E-state index in [9.17, 15) is 5.11 Å². The lowest BCUT2D eigenvalue weighted by Gasteiger charge is -2.09. The molecule has 1 aliphatic heterocycles. The molecule has 0 aliphatic carbocycles. The third-order valence-corrected chi connectivity index (χ3v) is 2.79. The van der Waals surface area contributed by atoms with E-state index in [4.69, 9.17) is 9.26 Å². The summed E-state index contributed by atoms with van der Waals surface area (Å²) in [5.74, 6) is 1.75. The zero-order valence-electron chi connectivity index (χ0n) is 9.09. The fourth-order valence-corrected chi connectivity index (χ4v) is 1.92. The average Bonchev–Trinajstić information content (AvgIpc) is 2.94. The predicted octanol–water partition coefficient (Wildman–Crippen LogP) is 1.60. The summed E-state index contributed by atoms with van der Waals surface area (Å²) in [6.45, 7) is 1.17. The number of nitrogens with one attached hydrogen (secondary N) is 1. The molecular weight excluding hydrogens is 220 g/mol. The Bertz CT molecular complexity index is 510. The molecule has 2 N–H and O–H groups in total. The minimum Gasteiger partial charge on any atom is -0.508 e. The zero-order valence-corrected chi connectivity index (χ0v) is 9.09. The summed E-state index contributed by atoms with van der Waals surface area (Å²) in [5, 5.41) is 16.3. The lowest BCUT2D eigenvalue weighted by Crippen LogP contribution is -2.21. The molecule has 1 aromatic carbocycles. The van der Waals surface area contributed by atoms with Gasteiger partial charge in [0.1, 0.15) is 23.9 Å². The van der Waals surface area contributed by atoms with Crippen molar-refractivity contribution in [2.24, 2.45) is 0 Å². The predicted molar refractivity (Wildman–Crippen MR) is 59.7 cm³/mol. The van der Waals surface area contributed by atoms with Crippen LogP contribution in [-0.2, 0) is 6.54 Å². The molecule has 3 rings (SSSR count). The SMILES string of the molecule is Oc1ccc2c(c1)OCC2NCc1ccno1. The Kier molecular flexibility index (Phi) is 2.45. The summed E-state index contributed by atoms with van der Waals surface area (Å²) in [4.78, 5) is 0. The molecule has 2 heterocycles. The fraction of sp³-hybridized carbons (Fsp3) is 0.250. The van der Waals surface area contributed by atoms with Gasteiger partial charge < -0.3 is 14.4 Å². The second kappa shape index (κ2) is 4.10. The van der Waals surface area contributed by atoms with Gasteiger partial charge in [0.2, 0.25) is 0 Å². The molecule has 0 radical (unpaired) electrons. The average molecular weight is 232 g/mol. The molecule has 1 aliphatic rings. The Morgan fingerprint density at radius 3 is 3.18 bits per heavy atom. The normalized spacial score (nSPS) is 17.8. The van der Waals surface area contributed by atoms with Gasteiger partial charge in [-0.3, -0.25) is 5.32 Å². The monoisotopic (exact) mass is 232 g/mol. The van der Waals surface area contributed by atoms with Crippen molar-refractivity contribution in [1.29, 1.82) is 0 Å². The van der Waals surface area contributed by atoms with Crippen molar-refractivity contribution >= 4 is 0 Å². The summed E-state index contributed by atoms with van der Waals surface area (Å²) in [6.07, 6.45) is 1.62. The number of nitrogens with zero attached hydrogens (tertiary/aromatic N) is 1. The number of phenolic OH excluding ortho intramolecular Hbond substituents is 1. The summed E-state index contributed by atoms with van der Waals surface area (Å²) in [7, 11) is 0. The molecule has 5 nitrogen and oxygen atoms in total. The summed E-state index contributed by atoms with van der Waals surface area (Å²) >= 11 is 0. The fourth-order valence-electron chi connectivity index (χ4n) is 1.92. The number of benzene rings is 1. The number of fused-ring (bicyclic) bond motifs is 1. The zero-order chi connectivity index (χ0) is 11.7. The molecule has 0 saturated heterocycles. The number of phenols is 1. The standard InChI is InChI=1S/C12H12N2O3/c15-8-1-2-10-11(7-16-12(10)5-8)13-6-9-3-4-14-17-9/h1-5,11,13,15H,6-7H2. The first-order chi connectivity index (χ1) is 8.33. The van der Waals surface area contributed by atoms with E-state index in [-0.39, 0.29) is 11.8 Å². The molecule has 0 amide bonds. The third kappa shape index (κ3) is 1.97. The maximum atomic E-state index is 9.34. The topological polar surface area (TPSA) is 67.5 Å². The third-order valence-electron chi connectivity index (χ3n) is 2.79. The molecule has 5 heteroatoms. The van der Waals surface area contributed by atoms with E-state index < -0.39 is 0 Å². The number of aromatic nitrogens is 1. The van der Waals surface area contributed by atoms with Crippen LogP contribution in [0.2, 0.25) is 0 Å². The largest absolute Gasteiger partial charge is 0.508 e. The lowest BCUT2D eigenvalue weighted by molar-refractivity contribution is 0.300. The number of rotatable bonds is 3. The van der Waals surface area contributed by atoms with E-state index in [1.54, 1.807) is 18.3 Å². The van der Waals surface area contributed by atoms with E-state index >= 15 is 0 Å². The Balaban J connectivity index is 1.71. The minimum absolute atomic E-state index is 0.121. The van der Waals surface area contributed by atoms with Crippen LogP contribution in [0.5, 0.6) is 11.5 Å². The highest BCUT2D eigenvalue weighted by Crippen LogP contribution is 2.34. The molecular formula is C12H12N2O3. The van der Waals surface area contributed by atoms with Gasteiger partial charge in [0.25, 0.3) is 0 Å². The van der Waals surface area contributed by atoms with Crippen LogP contribution < -0.4 is 10.1 Å². The van der Waals surface area contributed by atoms with Crippen molar-refractivity contribution < 1.29 is 14.4 Å². The lowest BCUT2D eigenvalue weighted by atomic mass is 10.1. The molecule has 2 aromatic rings. The van der Waals surface area contributed by atoms with Gasteiger partial charge in [0, 0.05) is 17.7 Å². The van der Waals surface area contributed by atoms with Crippen LogP contribution in [0.4, 0.5) is 0 Å². The van der Waals surface area contributed by atoms with Crippen molar-refractivity contribution in [3.05, 3.63) is 41.8 Å². The number of aromatic hydroxyl groups is 1. The highest BCUT2D eigenvalue weighted by atomic mass is 16.5. The van der Waals surface area contributed by atoms with E-state index in [1.807, 2.05) is 12.1 Å². The van der Waals surface area contributed by atoms with Crippen LogP contribution in [-0.4, -0.2) is 16.9 Å². The number of hydrogen-bond donors (Lipinski definition) is 2. The smallest absolute Gasteiger partial charge is 0.150 e. The molecule has 1 unspecified atom stereocenters. The van der Waals surface area contributed by atoms with Gasteiger partial charge in [0.15, 0.2) is 0 Å². The summed E-state index contributed by atoms with van der Waals surface area (Å²) in [6, 6.07) is 7.11. The van der Waals surface area contributed by atoms with E-state index in [0.717, 1.165) is 17.1 Å². The van der Waals surface area contributed by atoms with Crippen LogP contribution in [0.15, 0.2) is 35.0 Å². The Morgan fingerprint density at radius 2 is 2.35 bits per heavy atom. The van der Waals surface area contributed by atoms with Gasteiger partial charge in [0.05, 0.1) is 18.8 Å². The maximum Gasteiger partial charge on any atom is 0.150 e. The molecule has 0 fully saturated rings. The number of hydrogen-bond acceptors (Lipinski definition) is 5. The Labute approximate surface area is 98.0 Å². The van der Waals surface area contributed by atoms with E-state index in [0.29, 0.717) is 13.2 Å². The molecule has 0 spiro atoms. The van der Waals surface area contributed by atoms with Crippen molar-refractivity contribution in [3.8, 4) is 11.5 Å². The van der Waals surface area contributed by atoms with Crippen LogP contribution in [0.3, 0.4) is 0 Å². The van der Waals surface area contributed by atoms with Gasteiger partial charge in [-0.2, -0.15) is 0 Å². The van der Waals surface area contributed by atoms with Crippen LogP contribution in [0.1, 0.15) is 17.4 Å². The molecule has 0 saturated carbocycles. The van der Waals surface area contributed by atoms with Crippen molar-refractivity contribution in [3.63, 3.8) is 0 Å². The van der Waals surface area contributed by atoms with Crippen LogP contribution in [0.25, 0.3) is 0 Å². The highest BCUT2D eigenvalue weighted by Gasteiger charge is 2.24. The molecule has 17 heavy (non-hydrogen) atoms. The maximum absolute atomic E-state index is 9.34. The van der Waals surface area contributed by atoms with Crippen molar-refractivity contribution in [1.82, 2.24) is 10.5 Å². The quantitative estimate of drug-likeness (QED) is 0.841. The van der Waals surface area contributed by atoms with Crippen LogP contribution >= 0.6 is 0 Å². The van der Waals surface area contributed by atoms with Crippen molar-refractivity contribution in [2.75, 3.05) is 6.61 Å². The second-order valence-electron chi connectivity index (χ2n) is 3.95. The van der Waals surface area contributed by atoms with Gasteiger partial charge in [-0.1, -0.05) is 5.16 Å². The first kappa shape index (κ1) is 10.2. The van der Waals surface area contributed by atoms with Crippen molar-refractivity contribution in [2.45, 2.75) is 12.6 Å². The Morgan fingerprint density at radius 1 is 1.41 bits per heavy atom. The first-order valence-corrected chi connectivity index (χ1v) is 5.41. The molecule has 0 bridgehead atoms.